The number of carbonyl (C=O) groups excluding carboxylic acids is 1. The molecule has 0 atom stereocenters. The number of hydrogen-bond donors (Lipinski definition) is 1. The molecule has 128 valence electrons. The number of aryl methyl sites for hydroxylation is 1. The molecule has 3 heterocycles. The number of ether oxygens (including phenoxy) is 1. The number of pyridine rings is 1. The number of H-pyrrole nitrogens is 1. The zero-order chi connectivity index (χ0) is 16.9. The third kappa shape index (κ3) is 4.00. The summed E-state index contributed by atoms with van der Waals surface area (Å²) in [7, 11) is 1.56. The lowest BCUT2D eigenvalue weighted by atomic mass is 9.90. The molecule has 24 heavy (non-hydrogen) atoms. The van der Waals surface area contributed by atoms with E-state index in [4.69, 9.17) is 4.74 Å². The molecule has 0 unspecified atom stereocenters. The topological polar surface area (TPSA) is 71.1 Å². The van der Waals surface area contributed by atoms with Gasteiger partial charge in [-0.05, 0) is 55.9 Å². The van der Waals surface area contributed by atoms with Crippen molar-refractivity contribution in [1.29, 1.82) is 0 Å². The van der Waals surface area contributed by atoms with Crippen molar-refractivity contribution < 1.29 is 9.53 Å². The zero-order valence-corrected chi connectivity index (χ0v) is 14.3. The van der Waals surface area contributed by atoms with Crippen molar-refractivity contribution in [2.45, 2.75) is 26.2 Å². The number of piperidine rings is 1. The number of likely N-dealkylation sites (tertiary alicyclic amines) is 1. The second kappa shape index (κ2) is 7.57. The fourth-order valence-corrected chi connectivity index (χ4v) is 3.23. The van der Waals surface area contributed by atoms with Crippen molar-refractivity contribution in [3.63, 3.8) is 0 Å². The highest BCUT2D eigenvalue weighted by molar-refractivity contribution is 5.77. The monoisotopic (exact) mass is 328 g/mol. The summed E-state index contributed by atoms with van der Waals surface area (Å²) in [5.41, 5.74) is 4.10. The lowest BCUT2D eigenvalue weighted by Gasteiger charge is -2.32. The molecule has 1 fully saturated rings. The molecule has 1 N–H and O–H groups in total. The van der Waals surface area contributed by atoms with Crippen LogP contribution in [-0.4, -0.2) is 52.8 Å². The molecule has 6 heteroatoms. The van der Waals surface area contributed by atoms with Gasteiger partial charge in [0.05, 0.1) is 5.69 Å². The van der Waals surface area contributed by atoms with Crippen molar-refractivity contribution in [1.82, 2.24) is 20.1 Å². The van der Waals surface area contributed by atoms with Crippen molar-refractivity contribution >= 4 is 5.91 Å². The van der Waals surface area contributed by atoms with Crippen molar-refractivity contribution in [2.75, 3.05) is 26.8 Å². The molecule has 0 aliphatic carbocycles. The molecule has 1 amide bonds. The van der Waals surface area contributed by atoms with Crippen molar-refractivity contribution in [2.24, 2.45) is 5.92 Å². The van der Waals surface area contributed by atoms with E-state index in [1.165, 1.54) is 5.56 Å². The third-order valence-corrected chi connectivity index (χ3v) is 4.55. The van der Waals surface area contributed by atoms with E-state index in [0.29, 0.717) is 5.92 Å². The summed E-state index contributed by atoms with van der Waals surface area (Å²) in [6.45, 7) is 3.81. The summed E-state index contributed by atoms with van der Waals surface area (Å²) in [6, 6.07) is 6.20. The summed E-state index contributed by atoms with van der Waals surface area (Å²) in [5, 5.41) is 7.23. The van der Waals surface area contributed by atoms with E-state index < -0.39 is 0 Å². The number of rotatable bonds is 5. The predicted molar refractivity (Wildman–Crippen MR) is 91.4 cm³/mol. The highest BCUT2D eigenvalue weighted by Gasteiger charge is 2.22. The van der Waals surface area contributed by atoms with Gasteiger partial charge < -0.3 is 9.64 Å². The highest BCUT2D eigenvalue weighted by Crippen LogP contribution is 2.23. The Labute approximate surface area is 142 Å². The van der Waals surface area contributed by atoms with Crippen LogP contribution in [0.4, 0.5) is 0 Å². The smallest absolute Gasteiger partial charge is 0.248 e. The summed E-state index contributed by atoms with van der Waals surface area (Å²) in [4.78, 5) is 18.2. The number of amides is 1. The fraction of sp³-hybridized carbons (Fsp3) is 0.500. The molecule has 0 radical (unpaired) electrons. The van der Waals surface area contributed by atoms with Crippen LogP contribution in [0.2, 0.25) is 0 Å². The molecule has 3 rings (SSSR count). The van der Waals surface area contributed by atoms with E-state index >= 15 is 0 Å². The van der Waals surface area contributed by atoms with Crippen LogP contribution in [0, 0.1) is 12.8 Å². The maximum atomic E-state index is 11.8. The average molecular weight is 328 g/mol. The largest absolute Gasteiger partial charge is 0.375 e. The van der Waals surface area contributed by atoms with Crippen LogP contribution in [0.15, 0.2) is 24.4 Å². The maximum absolute atomic E-state index is 11.8. The second-order valence-electron chi connectivity index (χ2n) is 6.45. The highest BCUT2D eigenvalue weighted by atomic mass is 16.5. The first kappa shape index (κ1) is 16.6. The molecule has 1 aliphatic rings. The Bertz CT molecular complexity index is 690. The average Bonchev–Trinajstić information content (AvgIpc) is 3.03. The van der Waals surface area contributed by atoms with Crippen LogP contribution < -0.4 is 0 Å². The van der Waals surface area contributed by atoms with Gasteiger partial charge in [0.1, 0.15) is 12.3 Å². The Morgan fingerprint density at radius 2 is 2.12 bits per heavy atom. The lowest BCUT2D eigenvalue weighted by molar-refractivity contribution is -0.136. The van der Waals surface area contributed by atoms with Crippen molar-refractivity contribution in [3.05, 3.63) is 35.7 Å². The van der Waals surface area contributed by atoms with Gasteiger partial charge >= 0.3 is 0 Å². The maximum Gasteiger partial charge on any atom is 0.248 e. The van der Waals surface area contributed by atoms with Crippen LogP contribution in [0.1, 0.15) is 24.1 Å². The minimum atomic E-state index is 0.0936. The standard InChI is InChI=1S/C18H24N4O2/c1-13-9-17(21-20-13)16-11-15(3-6-19-16)10-14-4-7-22(8-5-14)18(23)12-24-2/h3,6,9,11,14H,4-5,7-8,10,12H2,1-2H3,(H,20,21). The zero-order valence-electron chi connectivity index (χ0n) is 14.3. The van der Waals surface area contributed by atoms with Gasteiger partial charge in [0.15, 0.2) is 0 Å². The van der Waals surface area contributed by atoms with Gasteiger partial charge in [-0.15, -0.1) is 0 Å². The van der Waals surface area contributed by atoms with Gasteiger partial charge in [0.25, 0.3) is 0 Å². The minimum absolute atomic E-state index is 0.0936. The number of aromatic nitrogens is 3. The minimum Gasteiger partial charge on any atom is -0.375 e. The van der Waals surface area contributed by atoms with Crippen LogP contribution in [-0.2, 0) is 16.0 Å². The fourth-order valence-electron chi connectivity index (χ4n) is 3.23. The molecule has 2 aromatic rings. The molecule has 2 aromatic heterocycles. The van der Waals surface area contributed by atoms with Gasteiger partial charge in [-0.3, -0.25) is 14.9 Å². The molecular weight excluding hydrogens is 304 g/mol. The first-order chi connectivity index (χ1) is 11.7. The van der Waals surface area contributed by atoms with E-state index in [9.17, 15) is 4.79 Å². The Hall–Kier alpha value is -2.21. The van der Waals surface area contributed by atoms with Gasteiger partial charge in [-0.2, -0.15) is 5.10 Å². The Morgan fingerprint density at radius 3 is 2.79 bits per heavy atom. The van der Waals surface area contributed by atoms with Gasteiger partial charge in [-0.1, -0.05) is 0 Å². The molecule has 1 aliphatic heterocycles. The molecule has 0 spiro atoms. The first-order valence-electron chi connectivity index (χ1n) is 8.39. The summed E-state index contributed by atoms with van der Waals surface area (Å²) >= 11 is 0. The number of aromatic amines is 1. The molecule has 6 nitrogen and oxygen atoms in total. The van der Waals surface area contributed by atoms with Crippen LogP contribution in [0.5, 0.6) is 0 Å². The van der Waals surface area contributed by atoms with Gasteiger partial charge in [0, 0.05) is 32.1 Å². The number of nitrogens with zero attached hydrogens (tertiary/aromatic N) is 3. The van der Waals surface area contributed by atoms with Crippen LogP contribution >= 0.6 is 0 Å². The quantitative estimate of drug-likeness (QED) is 0.913. The Kier molecular flexibility index (Phi) is 5.25. The Balaban J connectivity index is 1.58. The number of nitrogens with one attached hydrogen (secondary N) is 1. The third-order valence-electron chi connectivity index (χ3n) is 4.55. The number of methoxy groups -OCH3 is 1. The molecular formula is C18H24N4O2. The Morgan fingerprint density at radius 1 is 1.33 bits per heavy atom. The van der Waals surface area contributed by atoms with E-state index in [-0.39, 0.29) is 12.5 Å². The van der Waals surface area contributed by atoms with Gasteiger partial charge in [0.2, 0.25) is 5.91 Å². The summed E-state index contributed by atoms with van der Waals surface area (Å²) < 4.78 is 4.93. The van der Waals surface area contributed by atoms with E-state index in [2.05, 4.69) is 27.3 Å². The van der Waals surface area contributed by atoms with Crippen LogP contribution in [0.3, 0.4) is 0 Å². The normalized spacial score (nSPS) is 15.7. The van der Waals surface area contributed by atoms with Gasteiger partial charge in [-0.25, -0.2) is 0 Å². The van der Waals surface area contributed by atoms with E-state index in [1.807, 2.05) is 24.1 Å². The SMILES string of the molecule is COCC(=O)N1CCC(Cc2ccnc(-c3cc(C)[nH]n3)c2)CC1. The number of carbonyl (C=O) groups is 1. The predicted octanol–water partition coefficient (Wildman–Crippen LogP) is 2.21. The first-order valence-corrected chi connectivity index (χ1v) is 8.39. The van der Waals surface area contributed by atoms with Crippen molar-refractivity contribution in [3.8, 4) is 11.4 Å². The molecule has 1 saturated heterocycles. The van der Waals surface area contributed by atoms with Crippen LogP contribution in [0.25, 0.3) is 11.4 Å². The lowest BCUT2D eigenvalue weighted by Crippen LogP contribution is -2.40. The molecule has 0 saturated carbocycles. The molecule has 0 aromatic carbocycles. The molecule has 0 bridgehead atoms. The van der Waals surface area contributed by atoms with E-state index in [1.54, 1.807) is 7.11 Å². The second-order valence-corrected chi connectivity index (χ2v) is 6.45. The summed E-state index contributed by atoms with van der Waals surface area (Å²) in [5.74, 6) is 0.698. The number of hydrogen-bond acceptors (Lipinski definition) is 4. The summed E-state index contributed by atoms with van der Waals surface area (Å²) in [6.07, 6.45) is 4.94. The van der Waals surface area contributed by atoms with E-state index in [0.717, 1.165) is 49.4 Å².